The van der Waals surface area contributed by atoms with Gasteiger partial charge in [0.25, 0.3) is 0 Å². The number of ether oxygens (including phenoxy) is 2. The van der Waals surface area contributed by atoms with E-state index in [0.717, 1.165) is 0 Å². The summed E-state index contributed by atoms with van der Waals surface area (Å²) < 4.78 is 9.64. The van der Waals surface area contributed by atoms with Crippen LogP contribution in [0.25, 0.3) is 0 Å². The molecule has 19 heavy (non-hydrogen) atoms. The van der Waals surface area contributed by atoms with Crippen molar-refractivity contribution in [2.75, 3.05) is 19.8 Å². The zero-order valence-electron chi connectivity index (χ0n) is 10.1. The van der Waals surface area contributed by atoms with Crippen molar-refractivity contribution in [3.63, 3.8) is 0 Å². The van der Waals surface area contributed by atoms with E-state index in [2.05, 4.69) is 11.2 Å². The number of terminal acetylenes is 1. The number of aliphatic hydroxyl groups excluding tert-OH is 4. The van der Waals surface area contributed by atoms with Gasteiger partial charge in [0.2, 0.25) is 5.91 Å². The third-order valence-corrected chi connectivity index (χ3v) is 2.65. The Hall–Kier alpha value is -1.21. The number of carbonyl (C=O) groups is 1. The van der Waals surface area contributed by atoms with Gasteiger partial charge in [-0.05, 0) is 0 Å². The van der Waals surface area contributed by atoms with Gasteiger partial charge in [0.05, 0.1) is 6.61 Å². The first-order valence-corrected chi connectivity index (χ1v) is 5.62. The molecule has 0 aromatic carbocycles. The maximum Gasteiger partial charge on any atom is 0.246 e. The van der Waals surface area contributed by atoms with Gasteiger partial charge in [-0.1, -0.05) is 5.92 Å². The standard InChI is InChI=1S/C11H17NO7/c1-2-3-18-5-7(14)12-8-10(16)9(15)6(4-13)19-11(8)17/h1,6,8-11,13,15-17H,3-5H2,(H,12,14)/t6-,8+,9-,10-,11?/m1/s1. The van der Waals surface area contributed by atoms with Gasteiger partial charge in [0, 0.05) is 0 Å². The van der Waals surface area contributed by atoms with Crippen LogP contribution in [0.15, 0.2) is 0 Å². The normalized spacial score (nSPS) is 34.6. The van der Waals surface area contributed by atoms with Crippen molar-refractivity contribution in [3.8, 4) is 12.3 Å². The van der Waals surface area contributed by atoms with Crippen LogP contribution in [0, 0.1) is 12.3 Å². The van der Waals surface area contributed by atoms with E-state index in [1.54, 1.807) is 0 Å². The summed E-state index contributed by atoms with van der Waals surface area (Å²) in [6.45, 7) is -0.962. The van der Waals surface area contributed by atoms with E-state index in [4.69, 9.17) is 21.0 Å². The van der Waals surface area contributed by atoms with Gasteiger partial charge in [0.1, 0.15) is 37.6 Å². The first-order valence-electron chi connectivity index (χ1n) is 5.62. The van der Waals surface area contributed by atoms with Crippen molar-refractivity contribution >= 4 is 5.91 Å². The number of carbonyl (C=O) groups excluding carboxylic acids is 1. The van der Waals surface area contributed by atoms with Gasteiger partial charge in [-0.2, -0.15) is 0 Å². The Morgan fingerprint density at radius 3 is 2.63 bits per heavy atom. The maximum atomic E-state index is 11.4. The average molecular weight is 275 g/mol. The molecule has 8 nitrogen and oxygen atoms in total. The lowest BCUT2D eigenvalue weighted by atomic mass is 9.97. The molecule has 0 bridgehead atoms. The third kappa shape index (κ3) is 4.14. The molecule has 1 heterocycles. The summed E-state index contributed by atoms with van der Waals surface area (Å²) in [5, 5.41) is 40.1. The summed E-state index contributed by atoms with van der Waals surface area (Å²) in [5.74, 6) is 1.54. The number of hydrogen-bond donors (Lipinski definition) is 5. The summed E-state index contributed by atoms with van der Waals surface area (Å²) in [5.41, 5.74) is 0. The number of aliphatic hydroxyl groups is 4. The average Bonchev–Trinajstić information content (AvgIpc) is 2.39. The molecule has 5 N–H and O–H groups in total. The zero-order chi connectivity index (χ0) is 14.4. The van der Waals surface area contributed by atoms with E-state index < -0.39 is 43.2 Å². The van der Waals surface area contributed by atoms with Crippen molar-refractivity contribution in [3.05, 3.63) is 0 Å². The second-order valence-corrected chi connectivity index (χ2v) is 4.02. The number of nitrogens with one attached hydrogen (secondary N) is 1. The minimum atomic E-state index is -1.55. The lowest BCUT2D eigenvalue weighted by Gasteiger charge is -2.40. The largest absolute Gasteiger partial charge is 0.394 e. The number of rotatable bonds is 5. The summed E-state index contributed by atoms with van der Waals surface area (Å²) >= 11 is 0. The highest BCUT2D eigenvalue weighted by Crippen LogP contribution is 2.19. The van der Waals surface area contributed by atoms with Crippen molar-refractivity contribution in [1.82, 2.24) is 5.32 Å². The third-order valence-electron chi connectivity index (χ3n) is 2.65. The molecule has 1 fully saturated rings. The molecule has 0 aliphatic carbocycles. The molecule has 1 unspecified atom stereocenters. The molecule has 5 atom stereocenters. The Morgan fingerprint density at radius 2 is 2.05 bits per heavy atom. The van der Waals surface area contributed by atoms with Gasteiger partial charge in [-0.3, -0.25) is 4.79 Å². The van der Waals surface area contributed by atoms with E-state index in [9.17, 15) is 20.1 Å². The molecule has 1 aliphatic rings. The van der Waals surface area contributed by atoms with Gasteiger partial charge in [-0.25, -0.2) is 0 Å². The molecule has 0 aromatic rings. The molecule has 1 rings (SSSR count). The Labute approximate surface area is 109 Å². The van der Waals surface area contributed by atoms with Crippen LogP contribution >= 0.6 is 0 Å². The van der Waals surface area contributed by atoms with Crippen LogP contribution < -0.4 is 5.32 Å². The lowest BCUT2D eigenvalue weighted by molar-refractivity contribution is -0.254. The monoisotopic (exact) mass is 275 g/mol. The number of amides is 1. The van der Waals surface area contributed by atoms with Crippen molar-refractivity contribution < 1.29 is 34.7 Å². The molecule has 0 radical (unpaired) electrons. The minimum absolute atomic E-state index is 0.0467. The molecule has 1 aliphatic heterocycles. The molecule has 8 heteroatoms. The molecule has 0 spiro atoms. The summed E-state index contributed by atoms with van der Waals surface area (Å²) in [7, 11) is 0. The van der Waals surface area contributed by atoms with Crippen LogP contribution in [0.4, 0.5) is 0 Å². The van der Waals surface area contributed by atoms with Crippen LogP contribution in [-0.2, 0) is 14.3 Å². The van der Waals surface area contributed by atoms with E-state index in [-0.39, 0.29) is 13.2 Å². The molecular weight excluding hydrogens is 258 g/mol. The minimum Gasteiger partial charge on any atom is -0.394 e. The highest BCUT2D eigenvalue weighted by Gasteiger charge is 2.44. The SMILES string of the molecule is C#CCOCC(=O)N[C@@H]1C(O)O[C@H](CO)[C@@H](O)[C@@H]1O. The quantitative estimate of drug-likeness (QED) is 0.261. The fourth-order valence-electron chi connectivity index (χ4n) is 1.68. The molecule has 0 saturated carbocycles. The highest BCUT2D eigenvalue weighted by molar-refractivity contribution is 5.77. The fraction of sp³-hybridized carbons (Fsp3) is 0.727. The Bertz CT molecular complexity index is 342. The van der Waals surface area contributed by atoms with Gasteiger partial charge < -0.3 is 35.2 Å². The van der Waals surface area contributed by atoms with Gasteiger partial charge in [-0.15, -0.1) is 6.42 Å². The predicted molar refractivity (Wildman–Crippen MR) is 61.6 cm³/mol. The molecular formula is C11H17NO7. The first kappa shape index (κ1) is 15.8. The first-order chi connectivity index (χ1) is 9.01. The van der Waals surface area contributed by atoms with Gasteiger partial charge in [0.15, 0.2) is 6.29 Å². The van der Waals surface area contributed by atoms with Crippen LogP contribution in [0.1, 0.15) is 0 Å². The second kappa shape index (κ2) is 7.40. The van der Waals surface area contributed by atoms with E-state index in [1.165, 1.54) is 0 Å². The van der Waals surface area contributed by atoms with Crippen LogP contribution in [0.2, 0.25) is 0 Å². The van der Waals surface area contributed by atoms with E-state index >= 15 is 0 Å². The van der Waals surface area contributed by atoms with E-state index in [1.807, 2.05) is 0 Å². The Morgan fingerprint density at radius 1 is 1.37 bits per heavy atom. The summed E-state index contributed by atoms with van der Waals surface area (Å²) in [6, 6.07) is -1.22. The summed E-state index contributed by atoms with van der Waals surface area (Å²) in [6.07, 6.45) is -0.636. The number of hydrogen-bond acceptors (Lipinski definition) is 7. The van der Waals surface area contributed by atoms with Crippen molar-refractivity contribution in [2.45, 2.75) is 30.6 Å². The Kier molecular flexibility index (Phi) is 6.17. The lowest BCUT2D eigenvalue weighted by Crippen LogP contribution is -2.64. The van der Waals surface area contributed by atoms with Crippen LogP contribution in [0.5, 0.6) is 0 Å². The fourth-order valence-corrected chi connectivity index (χ4v) is 1.68. The molecule has 108 valence electrons. The summed E-state index contributed by atoms with van der Waals surface area (Å²) in [4.78, 5) is 11.4. The Balaban J connectivity index is 2.53. The zero-order valence-corrected chi connectivity index (χ0v) is 10.1. The molecule has 1 saturated heterocycles. The predicted octanol–water partition coefficient (Wildman–Crippen LogP) is -3.45. The van der Waals surface area contributed by atoms with Gasteiger partial charge >= 0.3 is 0 Å². The van der Waals surface area contributed by atoms with E-state index in [0.29, 0.717) is 0 Å². The van der Waals surface area contributed by atoms with Crippen LogP contribution in [0.3, 0.4) is 0 Å². The van der Waals surface area contributed by atoms with Crippen molar-refractivity contribution in [1.29, 1.82) is 0 Å². The van der Waals surface area contributed by atoms with Crippen LogP contribution in [-0.4, -0.2) is 76.8 Å². The molecule has 1 amide bonds. The second-order valence-electron chi connectivity index (χ2n) is 4.02. The topological polar surface area (TPSA) is 128 Å². The smallest absolute Gasteiger partial charge is 0.246 e. The van der Waals surface area contributed by atoms with Crippen molar-refractivity contribution in [2.24, 2.45) is 0 Å². The highest BCUT2D eigenvalue weighted by atomic mass is 16.6. The molecule has 0 aromatic heterocycles. The maximum absolute atomic E-state index is 11.4.